The molecule has 118 valence electrons. The van der Waals surface area contributed by atoms with Gasteiger partial charge in [-0.3, -0.25) is 9.69 Å². The van der Waals surface area contributed by atoms with Crippen molar-refractivity contribution in [2.24, 2.45) is 0 Å². The molecule has 0 radical (unpaired) electrons. The molecule has 1 N–H and O–H groups in total. The summed E-state index contributed by atoms with van der Waals surface area (Å²) in [4.78, 5) is 13.9. The highest BCUT2D eigenvalue weighted by molar-refractivity contribution is 6.50. The van der Waals surface area contributed by atoms with E-state index >= 15 is 0 Å². The molecule has 0 aliphatic carbocycles. The third-order valence-electron chi connectivity index (χ3n) is 2.68. The molecule has 1 aromatic carbocycles. The highest BCUT2D eigenvalue weighted by Crippen LogP contribution is 2.40. The van der Waals surface area contributed by atoms with Crippen LogP contribution in [-0.4, -0.2) is 44.7 Å². The van der Waals surface area contributed by atoms with Gasteiger partial charge in [0.1, 0.15) is 0 Å². The fraction of sp³-hybridized carbons (Fsp3) is 0.462. The smallest absolute Gasteiger partial charge is 0.238 e. The molecule has 0 aromatic heterocycles. The van der Waals surface area contributed by atoms with Crippen LogP contribution in [0.5, 0.6) is 0 Å². The van der Waals surface area contributed by atoms with Gasteiger partial charge in [0.25, 0.3) is 0 Å². The summed E-state index contributed by atoms with van der Waals surface area (Å²) in [5.41, 5.74) is 0.228. The van der Waals surface area contributed by atoms with Gasteiger partial charge in [-0.15, -0.1) is 0 Å². The Kier molecular flexibility index (Phi) is 8.09. The molecule has 0 aliphatic heterocycles. The zero-order chi connectivity index (χ0) is 16.0. The molecule has 0 saturated heterocycles. The maximum absolute atomic E-state index is 12.0. The standard InChI is InChI=1S/C13H16Cl4N2O2/c1-19(4-3-5-21-2)7-10(20)18-13-11(16)8(14)6-9(15)12(13)17/h6H,3-5,7H2,1-2H3,(H,18,20). The van der Waals surface area contributed by atoms with Crippen molar-refractivity contribution < 1.29 is 9.53 Å². The molecule has 0 aliphatic rings. The molecular formula is C13H16Cl4N2O2. The number of anilines is 1. The molecule has 21 heavy (non-hydrogen) atoms. The van der Waals surface area contributed by atoms with E-state index in [0.717, 1.165) is 13.0 Å². The van der Waals surface area contributed by atoms with E-state index in [4.69, 9.17) is 51.1 Å². The SMILES string of the molecule is COCCCN(C)CC(=O)Nc1c(Cl)c(Cl)cc(Cl)c1Cl. The van der Waals surface area contributed by atoms with Gasteiger partial charge in [0, 0.05) is 20.3 Å². The van der Waals surface area contributed by atoms with Gasteiger partial charge in [0.05, 0.1) is 32.3 Å². The van der Waals surface area contributed by atoms with Crippen LogP contribution in [-0.2, 0) is 9.53 Å². The molecule has 0 fully saturated rings. The van der Waals surface area contributed by atoms with E-state index in [2.05, 4.69) is 5.32 Å². The van der Waals surface area contributed by atoms with E-state index in [9.17, 15) is 4.79 Å². The summed E-state index contributed by atoms with van der Waals surface area (Å²) >= 11 is 23.9. The fourth-order valence-corrected chi connectivity index (χ4v) is 2.57. The van der Waals surface area contributed by atoms with Crippen molar-refractivity contribution in [3.05, 3.63) is 26.2 Å². The number of carbonyl (C=O) groups is 1. The number of amides is 1. The number of methoxy groups -OCH3 is 1. The molecule has 0 bridgehead atoms. The van der Waals surface area contributed by atoms with Crippen molar-refractivity contribution in [3.8, 4) is 0 Å². The maximum atomic E-state index is 12.0. The summed E-state index contributed by atoms with van der Waals surface area (Å²) in [6.07, 6.45) is 0.838. The summed E-state index contributed by atoms with van der Waals surface area (Å²) in [5, 5.41) is 3.44. The molecule has 0 atom stereocenters. The third kappa shape index (κ3) is 5.81. The second-order valence-corrected chi connectivity index (χ2v) is 6.05. The van der Waals surface area contributed by atoms with E-state index in [1.165, 1.54) is 6.07 Å². The van der Waals surface area contributed by atoms with Crippen LogP contribution in [0.1, 0.15) is 6.42 Å². The third-order valence-corrected chi connectivity index (χ3v) is 4.25. The van der Waals surface area contributed by atoms with Gasteiger partial charge >= 0.3 is 0 Å². The summed E-state index contributed by atoms with van der Waals surface area (Å²) in [6.45, 7) is 1.58. The van der Waals surface area contributed by atoms with Crippen molar-refractivity contribution in [1.82, 2.24) is 4.90 Å². The lowest BCUT2D eigenvalue weighted by Crippen LogP contribution is -2.31. The largest absolute Gasteiger partial charge is 0.385 e. The molecule has 0 unspecified atom stereocenters. The van der Waals surface area contributed by atoms with Crippen LogP contribution in [0.2, 0.25) is 20.1 Å². The van der Waals surface area contributed by atoms with E-state index in [1.54, 1.807) is 7.11 Å². The molecule has 1 rings (SSSR count). The summed E-state index contributed by atoms with van der Waals surface area (Å²) < 4.78 is 4.96. The van der Waals surface area contributed by atoms with Crippen LogP contribution in [0.4, 0.5) is 5.69 Å². The number of ether oxygens (including phenoxy) is 1. The van der Waals surface area contributed by atoms with Crippen molar-refractivity contribution in [3.63, 3.8) is 0 Å². The first-order valence-corrected chi connectivity index (χ1v) is 7.68. The predicted octanol–water partition coefficient (Wildman–Crippen LogP) is 4.21. The van der Waals surface area contributed by atoms with Crippen molar-refractivity contribution in [2.45, 2.75) is 6.42 Å². The average Bonchev–Trinajstić information content (AvgIpc) is 2.41. The normalized spacial score (nSPS) is 11.0. The van der Waals surface area contributed by atoms with Crippen LogP contribution in [0.25, 0.3) is 0 Å². The molecule has 1 aromatic rings. The maximum Gasteiger partial charge on any atom is 0.238 e. The lowest BCUT2D eigenvalue weighted by molar-refractivity contribution is -0.117. The number of hydrogen-bond acceptors (Lipinski definition) is 3. The van der Waals surface area contributed by atoms with Crippen LogP contribution < -0.4 is 5.32 Å². The van der Waals surface area contributed by atoms with Gasteiger partial charge in [-0.2, -0.15) is 0 Å². The Morgan fingerprint density at radius 2 is 1.81 bits per heavy atom. The first-order chi connectivity index (χ1) is 9.86. The lowest BCUT2D eigenvalue weighted by Gasteiger charge is -2.17. The second-order valence-electron chi connectivity index (χ2n) is 4.48. The van der Waals surface area contributed by atoms with Gasteiger partial charge in [-0.1, -0.05) is 46.4 Å². The number of nitrogens with zero attached hydrogens (tertiary/aromatic N) is 1. The Labute approximate surface area is 144 Å². The first kappa shape index (κ1) is 18.8. The van der Waals surface area contributed by atoms with Crippen LogP contribution in [0.15, 0.2) is 6.07 Å². The van der Waals surface area contributed by atoms with Crippen LogP contribution in [0.3, 0.4) is 0 Å². The number of likely N-dealkylation sites (N-methyl/N-ethyl adjacent to an activating group) is 1. The Morgan fingerprint density at radius 3 is 2.33 bits per heavy atom. The van der Waals surface area contributed by atoms with Crippen molar-refractivity contribution in [2.75, 3.05) is 39.2 Å². The Balaban J connectivity index is 2.67. The van der Waals surface area contributed by atoms with Crippen molar-refractivity contribution >= 4 is 58.0 Å². The number of halogens is 4. The lowest BCUT2D eigenvalue weighted by atomic mass is 10.3. The molecule has 8 heteroatoms. The Bertz CT molecular complexity index is 485. The number of nitrogens with one attached hydrogen (secondary N) is 1. The number of benzene rings is 1. The predicted molar refractivity (Wildman–Crippen MR) is 89.1 cm³/mol. The first-order valence-electron chi connectivity index (χ1n) is 6.17. The molecule has 0 saturated carbocycles. The van der Waals surface area contributed by atoms with Gasteiger partial charge < -0.3 is 10.1 Å². The highest BCUT2D eigenvalue weighted by atomic mass is 35.5. The number of rotatable bonds is 7. The number of hydrogen-bond donors (Lipinski definition) is 1. The second kappa shape index (κ2) is 9.03. The molecule has 0 spiro atoms. The molecule has 4 nitrogen and oxygen atoms in total. The zero-order valence-corrected chi connectivity index (χ0v) is 14.7. The summed E-state index contributed by atoms with van der Waals surface area (Å²) in [5.74, 6) is -0.253. The fourth-order valence-electron chi connectivity index (χ4n) is 1.66. The summed E-state index contributed by atoms with van der Waals surface area (Å²) in [6, 6.07) is 1.43. The van der Waals surface area contributed by atoms with Gasteiger partial charge in [-0.05, 0) is 19.5 Å². The Hall–Kier alpha value is -0.230. The van der Waals surface area contributed by atoms with Gasteiger partial charge in [-0.25, -0.2) is 0 Å². The minimum absolute atomic E-state index is 0.168. The van der Waals surface area contributed by atoms with Crippen molar-refractivity contribution in [1.29, 1.82) is 0 Å². The quantitative estimate of drug-likeness (QED) is 0.575. The average molecular weight is 374 g/mol. The molecule has 0 heterocycles. The Morgan fingerprint density at radius 1 is 1.24 bits per heavy atom. The molecule has 1 amide bonds. The number of carbonyl (C=O) groups excluding carboxylic acids is 1. The van der Waals surface area contributed by atoms with Gasteiger partial charge in [0.2, 0.25) is 5.91 Å². The van der Waals surface area contributed by atoms with Gasteiger partial charge in [0.15, 0.2) is 0 Å². The molecular weight excluding hydrogens is 358 g/mol. The zero-order valence-electron chi connectivity index (χ0n) is 11.7. The highest BCUT2D eigenvalue weighted by Gasteiger charge is 2.17. The van der Waals surface area contributed by atoms with E-state index in [0.29, 0.717) is 6.61 Å². The van der Waals surface area contributed by atoms with E-state index in [1.807, 2.05) is 11.9 Å². The summed E-state index contributed by atoms with van der Waals surface area (Å²) in [7, 11) is 3.48. The topological polar surface area (TPSA) is 41.6 Å². The van der Waals surface area contributed by atoms with E-state index in [-0.39, 0.29) is 38.2 Å². The van der Waals surface area contributed by atoms with Crippen LogP contribution in [0, 0.1) is 0 Å². The minimum atomic E-state index is -0.253. The monoisotopic (exact) mass is 372 g/mol. The minimum Gasteiger partial charge on any atom is -0.385 e. The van der Waals surface area contributed by atoms with Crippen LogP contribution >= 0.6 is 46.4 Å². The van der Waals surface area contributed by atoms with E-state index < -0.39 is 0 Å².